The van der Waals surface area contributed by atoms with E-state index in [1.54, 1.807) is 28.1 Å². The second-order valence-corrected chi connectivity index (χ2v) is 7.01. The number of rotatable bonds is 2. The fraction of sp³-hybridized carbons (Fsp3) is 0.235. The van der Waals surface area contributed by atoms with E-state index >= 15 is 0 Å². The summed E-state index contributed by atoms with van der Waals surface area (Å²) in [5.41, 5.74) is 1.59. The Morgan fingerprint density at radius 2 is 1.71 bits per heavy atom. The van der Waals surface area contributed by atoms with Crippen LogP contribution in [-0.2, 0) is 0 Å². The predicted molar refractivity (Wildman–Crippen MR) is 96.6 cm³/mol. The monoisotopic (exact) mass is 381 g/mol. The molecule has 4 rings (SSSR count). The molecule has 1 atom stereocenters. The number of nitrogens with zero attached hydrogens (tertiary/aromatic N) is 3. The van der Waals surface area contributed by atoms with Gasteiger partial charge in [0, 0.05) is 29.4 Å². The van der Waals surface area contributed by atoms with Crippen LogP contribution < -0.4 is 4.90 Å². The zero-order chi connectivity index (χ0) is 16.8. The van der Waals surface area contributed by atoms with Crippen molar-refractivity contribution in [3.63, 3.8) is 0 Å². The number of benzene rings is 2. The summed E-state index contributed by atoms with van der Waals surface area (Å²) in [4.78, 5) is 14.7. The summed E-state index contributed by atoms with van der Waals surface area (Å²) >= 11 is 18.6. The van der Waals surface area contributed by atoms with Crippen LogP contribution in [0.5, 0.6) is 0 Å². The molecule has 0 radical (unpaired) electrons. The number of carbonyl (C=O) groups excluding carboxylic acids is 1. The van der Waals surface area contributed by atoms with Crippen LogP contribution in [0.4, 0.5) is 10.5 Å². The highest BCUT2D eigenvalue weighted by Gasteiger charge is 2.48. The number of carbonyl (C=O) groups is 1. The van der Waals surface area contributed by atoms with Gasteiger partial charge in [-0.15, -0.1) is 0 Å². The minimum Gasteiger partial charge on any atom is -0.271 e. The lowest BCUT2D eigenvalue weighted by Gasteiger charge is -2.28. The van der Waals surface area contributed by atoms with Gasteiger partial charge in [0.05, 0.1) is 10.0 Å². The molecule has 0 spiro atoms. The maximum absolute atomic E-state index is 13.0. The second kappa shape index (κ2) is 6.12. The predicted octanol–water partition coefficient (Wildman–Crippen LogP) is 5.21. The zero-order valence-corrected chi connectivity index (χ0v) is 14.9. The molecule has 124 valence electrons. The SMILES string of the molecule is O=C1N(c2ccc(Cl)c(Cl)c2)[C@H](c2ccccc2Cl)N2CCCN12. The molecule has 2 saturated heterocycles. The molecule has 2 heterocycles. The van der Waals surface area contributed by atoms with E-state index in [-0.39, 0.29) is 12.2 Å². The molecule has 0 saturated carbocycles. The van der Waals surface area contributed by atoms with E-state index in [0.717, 1.165) is 18.5 Å². The number of hydrazine groups is 1. The summed E-state index contributed by atoms with van der Waals surface area (Å²) in [6, 6.07) is 12.8. The first-order chi connectivity index (χ1) is 11.6. The highest BCUT2D eigenvalue weighted by atomic mass is 35.5. The van der Waals surface area contributed by atoms with Crippen molar-refractivity contribution in [2.24, 2.45) is 0 Å². The van der Waals surface area contributed by atoms with Gasteiger partial charge in [-0.1, -0.05) is 53.0 Å². The van der Waals surface area contributed by atoms with Gasteiger partial charge in [0.25, 0.3) is 0 Å². The third-order valence-corrected chi connectivity index (χ3v) is 5.47. The summed E-state index contributed by atoms with van der Waals surface area (Å²) in [6.45, 7) is 1.51. The minimum atomic E-state index is -0.286. The molecule has 2 aliphatic rings. The maximum atomic E-state index is 13.0. The van der Waals surface area contributed by atoms with Crippen LogP contribution in [0.25, 0.3) is 0 Å². The molecule has 0 aliphatic carbocycles. The van der Waals surface area contributed by atoms with Crippen molar-refractivity contribution >= 4 is 46.5 Å². The molecule has 0 unspecified atom stereocenters. The molecular weight excluding hydrogens is 369 g/mol. The Hall–Kier alpha value is -1.46. The first-order valence-corrected chi connectivity index (χ1v) is 8.78. The topological polar surface area (TPSA) is 26.8 Å². The Balaban J connectivity index is 1.85. The number of fused-ring (bicyclic) bond motifs is 1. The molecule has 2 fully saturated rings. The van der Waals surface area contributed by atoms with Crippen molar-refractivity contribution in [2.75, 3.05) is 18.0 Å². The number of hydrogen-bond acceptors (Lipinski definition) is 2. The van der Waals surface area contributed by atoms with Crippen LogP contribution in [0.15, 0.2) is 42.5 Å². The lowest BCUT2D eigenvalue weighted by molar-refractivity contribution is 0.0728. The van der Waals surface area contributed by atoms with Gasteiger partial charge in [0.15, 0.2) is 0 Å². The number of halogens is 3. The van der Waals surface area contributed by atoms with Crippen LogP contribution in [0.2, 0.25) is 15.1 Å². The largest absolute Gasteiger partial charge is 0.340 e. The Kier molecular flexibility index (Phi) is 4.09. The maximum Gasteiger partial charge on any atom is 0.340 e. The van der Waals surface area contributed by atoms with Crippen LogP contribution in [0.3, 0.4) is 0 Å². The Morgan fingerprint density at radius 1 is 0.917 bits per heavy atom. The van der Waals surface area contributed by atoms with E-state index in [9.17, 15) is 4.79 Å². The molecule has 24 heavy (non-hydrogen) atoms. The normalized spacial score (nSPS) is 20.8. The van der Waals surface area contributed by atoms with E-state index in [0.29, 0.717) is 27.3 Å². The first-order valence-electron chi connectivity index (χ1n) is 7.64. The van der Waals surface area contributed by atoms with Gasteiger partial charge >= 0.3 is 6.03 Å². The summed E-state index contributed by atoms with van der Waals surface area (Å²) < 4.78 is 0. The molecule has 7 heteroatoms. The van der Waals surface area contributed by atoms with Gasteiger partial charge in [0.2, 0.25) is 0 Å². The molecule has 4 nitrogen and oxygen atoms in total. The lowest BCUT2D eigenvalue weighted by Crippen LogP contribution is -2.32. The first kappa shape index (κ1) is 16.0. The summed E-state index contributed by atoms with van der Waals surface area (Å²) in [6.07, 6.45) is 0.660. The Bertz CT molecular complexity index is 813. The van der Waals surface area contributed by atoms with Gasteiger partial charge in [-0.25, -0.2) is 4.79 Å². The highest BCUT2D eigenvalue weighted by Crippen LogP contribution is 2.43. The van der Waals surface area contributed by atoms with Crippen LogP contribution >= 0.6 is 34.8 Å². The van der Waals surface area contributed by atoms with E-state index in [1.807, 2.05) is 24.3 Å². The fourth-order valence-corrected chi connectivity index (χ4v) is 3.85. The highest BCUT2D eigenvalue weighted by molar-refractivity contribution is 6.42. The van der Waals surface area contributed by atoms with Gasteiger partial charge in [-0.3, -0.25) is 9.91 Å². The van der Waals surface area contributed by atoms with E-state index in [1.165, 1.54) is 0 Å². The molecule has 2 aliphatic heterocycles. The third-order valence-electron chi connectivity index (χ3n) is 4.39. The average molecular weight is 383 g/mol. The van der Waals surface area contributed by atoms with Crippen molar-refractivity contribution in [1.29, 1.82) is 0 Å². The standard InChI is InChI=1S/C17H14Cl3N3O/c18-13-5-2-1-4-12(13)16-21-8-3-9-22(21)17(24)23(16)11-6-7-14(19)15(20)10-11/h1-2,4-7,10,16H,3,8-9H2/t16-/m1/s1. The van der Waals surface area contributed by atoms with Crippen molar-refractivity contribution in [3.05, 3.63) is 63.1 Å². The molecule has 0 N–H and O–H groups in total. The van der Waals surface area contributed by atoms with Gasteiger partial charge in [0.1, 0.15) is 6.17 Å². The van der Waals surface area contributed by atoms with Crippen LogP contribution in [0.1, 0.15) is 18.2 Å². The molecular formula is C17H14Cl3N3O. The summed E-state index contributed by atoms with van der Waals surface area (Å²) in [7, 11) is 0. The van der Waals surface area contributed by atoms with Crippen molar-refractivity contribution in [1.82, 2.24) is 10.0 Å². The second-order valence-electron chi connectivity index (χ2n) is 5.79. The van der Waals surface area contributed by atoms with Gasteiger partial charge in [-0.05, 0) is 30.7 Å². The molecule has 0 bridgehead atoms. The van der Waals surface area contributed by atoms with Crippen molar-refractivity contribution in [2.45, 2.75) is 12.6 Å². The van der Waals surface area contributed by atoms with Crippen molar-refractivity contribution < 1.29 is 4.79 Å². The number of hydrogen-bond donors (Lipinski definition) is 0. The molecule has 2 aromatic rings. The van der Waals surface area contributed by atoms with E-state index < -0.39 is 0 Å². The number of amides is 2. The minimum absolute atomic E-state index is 0.0733. The third kappa shape index (κ3) is 2.45. The van der Waals surface area contributed by atoms with Crippen LogP contribution in [0, 0.1) is 0 Å². The summed E-state index contributed by atoms with van der Waals surface area (Å²) in [5.74, 6) is 0. The Morgan fingerprint density at radius 3 is 2.46 bits per heavy atom. The quantitative estimate of drug-likeness (QED) is 0.713. The molecule has 2 aromatic carbocycles. The smallest absolute Gasteiger partial charge is 0.271 e. The van der Waals surface area contributed by atoms with E-state index in [4.69, 9.17) is 34.8 Å². The average Bonchev–Trinajstić information content (AvgIpc) is 3.13. The molecule has 0 aromatic heterocycles. The van der Waals surface area contributed by atoms with Crippen LogP contribution in [-0.4, -0.2) is 29.1 Å². The van der Waals surface area contributed by atoms with E-state index in [2.05, 4.69) is 5.01 Å². The number of anilines is 1. The number of urea groups is 1. The Labute approximate surface area is 155 Å². The van der Waals surface area contributed by atoms with Gasteiger partial charge < -0.3 is 0 Å². The van der Waals surface area contributed by atoms with Crippen molar-refractivity contribution in [3.8, 4) is 0 Å². The molecule has 2 amide bonds. The summed E-state index contributed by atoms with van der Waals surface area (Å²) in [5, 5.41) is 5.35. The fourth-order valence-electron chi connectivity index (χ4n) is 3.32. The lowest BCUT2D eigenvalue weighted by atomic mass is 10.1. The zero-order valence-electron chi connectivity index (χ0n) is 12.6. The van der Waals surface area contributed by atoms with Gasteiger partial charge in [-0.2, -0.15) is 5.01 Å².